The molecule has 7 heteroatoms. The van der Waals surface area contributed by atoms with Gasteiger partial charge in [0.1, 0.15) is 16.7 Å². The molecule has 0 bridgehead atoms. The number of nitrogens with zero attached hydrogens (tertiary/aromatic N) is 2. The molecule has 3 rings (SSSR count). The number of hydrogen-bond donors (Lipinski definition) is 2. The van der Waals surface area contributed by atoms with Crippen molar-refractivity contribution in [1.29, 1.82) is 0 Å². The Labute approximate surface area is 156 Å². The van der Waals surface area contributed by atoms with E-state index in [9.17, 15) is 4.79 Å². The summed E-state index contributed by atoms with van der Waals surface area (Å²) >= 11 is 5.97. The molecule has 0 aliphatic carbocycles. The van der Waals surface area contributed by atoms with Gasteiger partial charge in [0.2, 0.25) is 0 Å². The molecule has 26 heavy (non-hydrogen) atoms. The van der Waals surface area contributed by atoms with E-state index in [1.807, 2.05) is 23.7 Å². The van der Waals surface area contributed by atoms with E-state index < -0.39 is 0 Å². The van der Waals surface area contributed by atoms with Gasteiger partial charge in [-0.15, -0.1) is 0 Å². The zero-order valence-corrected chi connectivity index (χ0v) is 15.2. The molecular weight excluding hydrogens is 352 g/mol. The van der Waals surface area contributed by atoms with Crippen LogP contribution < -0.4 is 15.4 Å². The Bertz CT molecular complexity index is 889. The molecule has 0 radical (unpaired) electrons. The second-order valence-corrected chi connectivity index (χ2v) is 6.06. The highest BCUT2D eigenvalue weighted by Gasteiger charge is 2.07. The lowest BCUT2D eigenvalue weighted by Gasteiger charge is -2.09. The van der Waals surface area contributed by atoms with Gasteiger partial charge in [-0.1, -0.05) is 11.6 Å². The van der Waals surface area contributed by atoms with Crippen LogP contribution >= 0.6 is 11.6 Å². The third kappa shape index (κ3) is 4.15. The second kappa shape index (κ2) is 7.93. The van der Waals surface area contributed by atoms with Gasteiger partial charge in [-0.2, -0.15) is 0 Å². The van der Waals surface area contributed by atoms with Crippen LogP contribution in [0.4, 0.5) is 11.4 Å². The lowest BCUT2D eigenvalue weighted by molar-refractivity contribution is 0.102. The summed E-state index contributed by atoms with van der Waals surface area (Å²) in [5, 5.41) is 6.70. The fraction of sp³-hybridized carbons (Fsp3) is 0.158. The fourth-order valence-corrected chi connectivity index (χ4v) is 2.53. The number of imidazole rings is 1. The number of anilines is 2. The van der Waals surface area contributed by atoms with Gasteiger partial charge >= 0.3 is 0 Å². The van der Waals surface area contributed by atoms with Crippen LogP contribution in [0.25, 0.3) is 0 Å². The van der Waals surface area contributed by atoms with Crippen molar-refractivity contribution in [2.24, 2.45) is 7.05 Å². The Morgan fingerprint density at radius 2 is 1.77 bits per heavy atom. The van der Waals surface area contributed by atoms with E-state index in [0.717, 1.165) is 17.3 Å². The molecule has 0 aliphatic rings. The van der Waals surface area contributed by atoms with Crippen LogP contribution in [0.3, 0.4) is 0 Å². The van der Waals surface area contributed by atoms with E-state index in [1.54, 1.807) is 49.7 Å². The van der Waals surface area contributed by atoms with Gasteiger partial charge in [-0.25, -0.2) is 4.98 Å². The van der Waals surface area contributed by atoms with Crippen LogP contribution in [0.2, 0.25) is 5.15 Å². The van der Waals surface area contributed by atoms with Gasteiger partial charge in [-0.3, -0.25) is 4.79 Å². The van der Waals surface area contributed by atoms with E-state index in [1.165, 1.54) is 0 Å². The van der Waals surface area contributed by atoms with E-state index in [4.69, 9.17) is 16.3 Å². The summed E-state index contributed by atoms with van der Waals surface area (Å²) in [5.41, 5.74) is 2.18. The Balaban J connectivity index is 1.59. The smallest absolute Gasteiger partial charge is 0.255 e. The average Bonchev–Trinajstić information content (AvgIpc) is 2.99. The molecule has 0 unspecified atom stereocenters. The van der Waals surface area contributed by atoms with Crippen LogP contribution in [0.1, 0.15) is 16.2 Å². The SMILES string of the molecule is COc1ccc(NC(=O)c2ccc(NCc3ncc(Cl)n3C)cc2)cc1. The Morgan fingerprint density at radius 3 is 2.35 bits per heavy atom. The number of rotatable bonds is 6. The highest BCUT2D eigenvalue weighted by molar-refractivity contribution is 6.29. The zero-order chi connectivity index (χ0) is 18.5. The van der Waals surface area contributed by atoms with Gasteiger partial charge < -0.3 is 19.9 Å². The Hall–Kier alpha value is -2.99. The van der Waals surface area contributed by atoms with E-state index in [2.05, 4.69) is 15.6 Å². The Morgan fingerprint density at radius 1 is 1.12 bits per heavy atom. The van der Waals surface area contributed by atoms with Crippen molar-refractivity contribution in [2.45, 2.75) is 6.54 Å². The average molecular weight is 371 g/mol. The lowest BCUT2D eigenvalue weighted by atomic mass is 10.2. The van der Waals surface area contributed by atoms with Crippen molar-refractivity contribution in [1.82, 2.24) is 9.55 Å². The Kier molecular flexibility index (Phi) is 5.43. The number of nitrogens with one attached hydrogen (secondary N) is 2. The van der Waals surface area contributed by atoms with Crippen molar-refractivity contribution in [3.63, 3.8) is 0 Å². The summed E-state index contributed by atoms with van der Waals surface area (Å²) in [4.78, 5) is 16.5. The number of methoxy groups -OCH3 is 1. The molecule has 2 N–H and O–H groups in total. The normalized spacial score (nSPS) is 10.4. The van der Waals surface area contributed by atoms with Crippen molar-refractivity contribution in [3.8, 4) is 5.75 Å². The molecule has 0 aliphatic heterocycles. The van der Waals surface area contributed by atoms with Gasteiger partial charge in [0, 0.05) is 24.0 Å². The lowest BCUT2D eigenvalue weighted by Crippen LogP contribution is -2.12. The minimum Gasteiger partial charge on any atom is -0.497 e. The first-order chi connectivity index (χ1) is 12.6. The standard InChI is InChI=1S/C19H19ClN4O2/c1-24-17(20)11-22-18(24)12-21-14-5-3-13(4-6-14)19(25)23-15-7-9-16(26-2)10-8-15/h3-11,21H,12H2,1-2H3,(H,23,25). The monoisotopic (exact) mass is 370 g/mol. The molecule has 0 spiro atoms. The minimum absolute atomic E-state index is 0.169. The molecule has 6 nitrogen and oxygen atoms in total. The molecule has 134 valence electrons. The second-order valence-electron chi connectivity index (χ2n) is 5.67. The van der Waals surface area contributed by atoms with Crippen LogP contribution in [0.5, 0.6) is 5.75 Å². The van der Waals surface area contributed by atoms with Crippen molar-refractivity contribution in [2.75, 3.05) is 17.7 Å². The number of halogens is 1. The third-order valence-corrected chi connectivity index (χ3v) is 4.32. The molecule has 0 saturated heterocycles. The summed E-state index contributed by atoms with van der Waals surface area (Å²) in [7, 11) is 3.46. The summed E-state index contributed by atoms with van der Waals surface area (Å²) in [5.74, 6) is 1.40. The number of carbonyl (C=O) groups excluding carboxylic acids is 1. The fourth-order valence-electron chi connectivity index (χ4n) is 2.39. The largest absolute Gasteiger partial charge is 0.497 e. The topological polar surface area (TPSA) is 68.2 Å². The first kappa shape index (κ1) is 17.8. The predicted molar refractivity (Wildman–Crippen MR) is 103 cm³/mol. The predicted octanol–water partition coefficient (Wildman–Crippen LogP) is 3.95. The molecule has 1 amide bonds. The van der Waals surface area contributed by atoms with Crippen molar-refractivity contribution >= 4 is 28.9 Å². The highest BCUT2D eigenvalue weighted by Crippen LogP contribution is 2.17. The number of aromatic nitrogens is 2. The number of ether oxygens (including phenoxy) is 1. The summed E-state index contributed by atoms with van der Waals surface area (Å²) < 4.78 is 6.91. The summed E-state index contributed by atoms with van der Waals surface area (Å²) in [6.45, 7) is 0.542. The molecular formula is C19H19ClN4O2. The maximum Gasteiger partial charge on any atom is 0.255 e. The first-order valence-corrected chi connectivity index (χ1v) is 8.40. The number of benzene rings is 2. The molecule has 1 aromatic heterocycles. The van der Waals surface area contributed by atoms with E-state index in [0.29, 0.717) is 22.9 Å². The zero-order valence-electron chi connectivity index (χ0n) is 14.5. The van der Waals surface area contributed by atoms with Gasteiger partial charge in [-0.05, 0) is 48.5 Å². The van der Waals surface area contributed by atoms with Crippen molar-refractivity contribution < 1.29 is 9.53 Å². The van der Waals surface area contributed by atoms with Crippen LogP contribution in [0, 0.1) is 0 Å². The molecule has 3 aromatic rings. The number of amides is 1. The third-order valence-electron chi connectivity index (χ3n) is 3.97. The van der Waals surface area contributed by atoms with Crippen LogP contribution in [-0.4, -0.2) is 22.6 Å². The molecule has 0 atom stereocenters. The maximum atomic E-state index is 12.3. The molecule has 0 fully saturated rings. The van der Waals surface area contributed by atoms with Crippen LogP contribution in [0.15, 0.2) is 54.7 Å². The molecule has 0 saturated carbocycles. The maximum absolute atomic E-state index is 12.3. The molecule has 1 heterocycles. The van der Waals surface area contributed by atoms with E-state index >= 15 is 0 Å². The summed E-state index contributed by atoms with van der Waals surface area (Å²) in [6, 6.07) is 14.4. The van der Waals surface area contributed by atoms with Crippen molar-refractivity contribution in [3.05, 3.63) is 71.3 Å². The van der Waals surface area contributed by atoms with Gasteiger partial charge in [0.05, 0.1) is 19.9 Å². The summed E-state index contributed by atoms with van der Waals surface area (Å²) in [6.07, 6.45) is 1.62. The minimum atomic E-state index is -0.169. The molecule has 2 aromatic carbocycles. The van der Waals surface area contributed by atoms with Crippen LogP contribution in [-0.2, 0) is 13.6 Å². The van der Waals surface area contributed by atoms with E-state index in [-0.39, 0.29) is 5.91 Å². The first-order valence-electron chi connectivity index (χ1n) is 8.02. The van der Waals surface area contributed by atoms with Gasteiger partial charge in [0.15, 0.2) is 0 Å². The highest BCUT2D eigenvalue weighted by atomic mass is 35.5. The van der Waals surface area contributed by atoms with Gasteiger partial charge in [0.25, 0.3) is 5.91 Å². The quantitative estimate of drug-likeness (QED) is 0.689. The number of carbonyl (C=O) groups is 1. The number of hydrogen-bond acceptors (Lipinski definition) is 4.